The molecule has 0 saturated carbocycles. The van der Waals surface area contributed by atoms with Crippen LogP contribution >= 0.6 is 58.6 Å². The standard InChI is InChI=1S/C20H12Cl4N2O2S/c21-11-1-5-14(15(23)9-11)18-7-3-13(28-18)4-8-19(27)26-20(29)25-17-6-2-12(22)10-16(17)24/h1-10H,(H2,25,26,27,29)/b8-4+. The van der Waals surface area contributed by atoms with Crippen molar-refractivity contribution in [2.24, 2.45) is 0 Å². The van der Waals surface area contributed by atoms with Crippen molar-refractivity contribution in [1.29, 1.82) is 0 Å². The smallest absolute Gasteiger partial charge is 0.250 e. The highest BCUT2D eigenvalue weighted by molar-refractivity contribution is 7.80. The van der Waals surface area contributed by atoms with Crippen molar-refractivity contribution in [1.82, 2.24) is 5.32 Å². The van der Waals surface area contributed by atoms with Gasteiger partial charge in [0, 0.05) is 21.7 Å². The number of furan rings is 1. The lowest BCUT2D eigenvalue weighted by molar-refractivity contribution is -0.115. The summed E-state index contributed by atoms with van der Waals surface area (Å²) in [6, 6.07) is 13.5. The van der Waals surface area contributed by atoms with Crippen LogP contribution < -0.4 is 10.6 Å². The van der Waals surface area contributed by atoms with Crippen molar-refractivity contribution in [3.63, 3.8) is 0 Å². The van der Waals surface area contributed by atoms with Crippen LogP contribution in [0.1, 0.15) is 5.76 Å². The number of amides is 1. The van der Waals surface area contributed by atoms with E-state index >= 15 is 0 Å². The fourth-order valence-corrected chi connectivity index (χ4v) is 3.50. The third kappa shape index (κ3) is 5.98. The second kappa shape index (κ2) is 9.65. The molecule has 148 valence electrons. The maximum atomic E-state index is 12.1. The van der Waals surface area contributed by atoms with Crippen LogP contribution in [0.5, 0.6) is 0 Å². The summed E-state index contributed by atoms with van der Waals surface area (Å²) < 4.78 is 5.70. The number of thiocarbonyl (C=S) groups is 1. The molecule has 1 amide bonds. The van der Waals surface area contributed by atoms with E-state index < -0.39 is 5.91 Å². The Hall–Kier alpha value is -2.02. The zero-order valence-electron chi connectivity index (χ0n) is 14.5. The zero-order valence-corrected chi connectivity index (χ0v) is 18.4. The van der Waals surface area contributed by atoms with Crippen LogP contribution in [0.25, 0.3) is 17.4 Å². The second-order valence-corrected chi connectivity index (χ2v) is 7.82. The van der Waals surface area contributed by atoms with E-state index in [1.165, 1.54) is 12.2 Å². The Bertz CT molecular complexity index is 1110. The molecule has 29 heavy (non-hydrogen) atoms. The van der Waals surface area contributed by atoms with Crippen LogP contribution in [-0.4, -0.2) is 11.0 Å². The van der Waals surface area contributed by atoms with E-state index in [2.05, 4.69) is 10.6 Å². The average Bonchev–Trinajstić information content (AvgIpc) is 3.11. The lowest BCUT2D eigenvalue weighted by atomic mass is 10.2. The minimum atomic E-state index is -0.435. The van der Waals surface area contributed by atoms with Crippen LogP contribution in [-0.2, 0) is 4.79 Å². The number of nitrogens with one attached hydrogen (secondary N) is 2. The Morgan fingerprint density at radius 2 is 1.62 bits per heavy atom. The van der Waals surface area contributed by atoms with Crippen LogP contribution in [0.3, 0.4) is 0 Å². The van der Waals surface area contributed by atoms with Gasteiger partial charge in [0.1, 0.15) is 11.5 Å². The normalized spacial score (nSPS) is 10.9. The van der Waals surface area contributed by atoms with Gasteiger partial charge in [-0.3, -0.25) is 10.1 Å². The summed E-state index contributed by atoms with van der Waals surface area (Å²) in [5.41, 5.74) is 1.23. The van der Waals surface area contributed by atoms with Crippen molar-refractivity contribution in [3.8, 4) is 11.3 Å². The topological polar surface area (TPSA) is 54.3 Å². The molecule has 2 aromatic carbocycles. The van der Waals surface area contributed by atoms with Crippen LogP contribution in [0.4, 0.5) is 5.69 Å². The Balaban J connectivity index is 1.60. The third-order valence-electron chi connectivity index (χ3n) is 3.64. The molecule has 0 aliphatic rings. The molecule has 3 rings (SSSR count). The lowest BCUT2D eigenvalue weighted by Crippen LogP contribution is -2.32. The van der Waals surface area contributed by atoms with Crippen molar-refractivity contribution in [3.05, 3.63) is 80.5 Å². The van der Waals surface area contributed by atoms with E-state index in [0.29, 0.717) is 42.9 Å². The molecule has 0 aliphatic heterocycles. The Morgan fingerprint density at radius 1 is 0.931 bits per heavy atom. The number of hydrogen-bond acceptors (Lipinski definition) is 3. The monoisotopic (exact) mass is 484 g/mol. The fraction of sp³-hybridized carbons (Fsp3) is 0. The molecule has 0 atom stereocenters. The second-order valence-electron chi connectivity index (χ2n) is 5.73. The fourth-order valence-electron chi connectivity index (χ4n) is 2.33. The lowest BCUT2D eigenvalue weighted by Gasteiger charge is -2.09. The molecule has 0 fully saturated rings. The third-order valence-corrected chi connectivity index (χ3v) is 4.94. The molecule has 3 aromatic rings. The van der Waals surface area contributed by atoms with Gasteiger partial charge in [-0.2, -0.15) is 0 Å². The Labute approximate surface area is 192 Å². The van der Waals surface area contributed by atoms with Gasteiger partial charge >= 0.3 is 0 Å². The van der Waals surface area contributed by atoms with Gasteiger partial charge in [-0.1, -0.05) is 46.4 Å². The zero-order chi connectivity index (χ0) is 21.0. The maximum absolute atomic E-state index is 12.1. The largest absolute Gasteiger partial charge is 0.457 e. The van der Waals surface area contributed by atoms with E-state index in [4.69, 9.17) is 63.0 Å². The number of carbonyl (C=O) groups excluding carboxylic acids is 1. The van der Waals surface area contributed by atoms with Crippen LogP contribution in [0, 0.1) is 0 Å². The molecule has 0 unspecified atom stereocenters. The summed E-state index contributed by atoms with van der Waals surface area (Å²) in [6.07, 6.45) is 2.81. The SMILES string of the molecule is O=C(/C=C/c1ccc(-c2ccc(Cl)cc2Cl)o1)NC(=S)Nc1ccc(Cl)cc1Cl. The van der Waals surface area contributed by atoms with Crippen molar-refractivity contribution < 1.29 is 9.21 Å². The van der Waals surface area contributed by atoms with Gasteiger partial charge in [-0.15, -0.1) is 0 Å². The maximum Gasteiger partial charge on any atom is 0.250 e. The van der Waals surface area contributed by atoms with Crippen molar-refractivity contribution in [2.45, 2.75) is 0 Å². The number of halogens is 4. The summed E-state index contributed by atoms with van der Waals surface area (Å²) >= 11 is 29.1. The molecule has 0 aliphatic carbocycles. The molecule has 4 nitrogen and oxygen atoms in total. The van der Waals surface area contributed by atoms with Crippen LogP contribution in [0.2, 0.25) is 20.1 Å². The average molecular weight is 486 g/mol. The number of carbonyl (C=O) groups is 1. The first-order valence-corrected chi connectivity index (χ1v) is 10.0. The first kappa shape index (κ1) is 21.7. The van der Waals surface area contributed by atoms with Gasteiger partial charge in [0.25, 0.3) is 0 Å². The van der Waals surface area contributed by atoms with Gasteiger partial charge in [-0.05, 0) is 66.8 Å². The summed E-state index contributed by atoms with van der Waals surface area (Å²) in [6.45, 7) is 0. The Kier molecular flexibility index (Phi) is 7.22. The molecule has 0 radical (unpaired) electrons. The summed E-state index contributed by atoms with van der Waals surface area (Å²) in [4.78, 5) is 12.1. The highest BCUT2D eigenvalue weighted by Crippen LogP contribution is 2.31. The van der Waals surface area contributed by atoms with E-state index in [0.717, 1.165) is 0 Å². The predicted molar refractivity (Wildman–Crippen MR) is 124 cm³/mol. The van der Waals surface area contributed by atoms with Gasteiger partial charge in [0.2, 0.25) is 5.91 Å². The highest BCUT2D eigenvalue weighted by atomic mass is 35.5. The summed E-state index contributed by atoms with van der Waals surface area (Å²) in [5.74, 6) is 0.595. The highest BCUT2D eigenvalue weighted by Gasteiger charge is 2.09. The number of anilines is 1. The van der Waals surface area contributed by atoms with Crippen molar-refractivity contribution >= 4 is 81.4 Å². The van der Waals surface area contributed by atoms with Gasteiger partial charge in [0.15, 0.2) is 5.11 Å². The molecule has 1 heterocycles. The van der Waals surface area contributed by atoms with E-state index in [-0.39, 0.29) is 5.11 Å². The van der Waals surface area contributed by atoms with Gasteiger partial charge < -0.3 is 9.73 Å². The van der Waals surface area contributed by atoms with Gasteiger partial charge in [-0.25, -0.2) is 0 Å². The first-order valence-electron chi connectivity index (χ1n) is 8.12. The molecule has 0 saturated heterocycles. The van der Waals surface area contributed by atoms with Crippen molar-refractivity contribution in [2.75, 3.05) is 5.32 Å². The van der Waals surface area contributed by atoms with E-state index in [9.17, 15) is 4.79 Å². The molecule has 2 N–H and O–H groups in total. The Morgan fingerprint density at radius 3 is 2.31 bits per heavy atom. The molecular weight excluding hydrogens is 474 g/mol. The molecular formula is C20H12Cl4N2O2S. The number of rotatable bonds is 4. The quantitative estimate of drug-likeness (QED) is 0.306. The minimum absolute atomic E-state index is 0.0944. The first-order chi connectivity index (χ1) is 13.8. The predicted octanol–water partition coefficient (Wildman–Crippen LogP) is 7.09. The molecule has 0 spiro atoms. The minimum Gasteiger partial charge on any atom is -0.457 e. The molecule has 0 bridgehead atoms. The summed E-state index contributed by atoms with van der Waals surface area (Å²) in [7, 11) is 0. The van der Waals surface area contributed by atoms with E-state index in [1.54, 1.807) is 48.5 Å². The van der Waals surface area contributed by atoms with Gasteiger partial charge in [0.05, 0.1) is 15.7 Å². The molecule has 9 heteroatoms. The van der Waals surface area contributed by atoms with Crippen LogP contribution in [0.15, 0.2) is 59.0 Å². The van der Waals surface area contributed by atoms with E-state index in [1.807, 2.05) is 0 Å². The number of hydrogen-bond donors (Lipinski definition) is 2. The summed E-state index contributed by atoms with van der Waals surface area (Å²) in [5, 5.41) is 7.33. The molecule has 1 aromatic heterocycles. The number of benzene rings is 2.